The molecular formula is C29H26ClF4NO5S. The van der Waals surface area contributed by atoms with Crippen LogP contribution < -0.4 is 9.04 Å². The minimum atomic E-state index is -4.76. The highest BCUT2D eigenvalue weighted by Crippen LogP contribution is 2.41. The van der Waals surface area contributed by atoms with Crippen LogP contribution in [0.5, 0.6) is 5.75 Å². The molecule has 0 fully saturated rings. The maximum absolute atomic E-state index is 14.5. The van der Waals surface area contributed by atoms with E-state index >= 15 is 0 Å². The summed E-state index contributed by atoms with van der Waals surface area (Å²) in [6.07, 6.45) is -3.90. The van der Waals surface area contributed by atoms with E-state index in [-0.39, 0.29) is 41.4 Å². The molecule has 0 saturated heterocycles. The lowest BCUT2D eigenvalue weighted by Gasteiger charge is -2.36. The highest BCUT2D eigenvalue weighted by Gasteiger charge is 2.39. The largest absolute Gasteiger partial charge is 0.486 e. The molecule has 0 unspecified atom stereocenters. The Morgan fingerprint density at radius 2 is 1.88 bits per heavy atom. The van der Waals surface area contributed by atoms with E-state index in [0.29, 0.717) is 11.1 Å². The number of hydrogen-bond donors (Lipinski definition) is 0. The second kappa shape index (κ2) is 11.7. The molecule has 0 aromatic heterocycles. The molecule has 0 radical (unpaired) electrons. The number of rotatable bonds is 7. The van der Waals surface area contributed by atoms with E-state index in [1.165, 1.54) is 37.4 Å². The fourth-order valence-electron chi connectivity index (χ4n) is 4.69. The molecule has 0 aliphatic carbocycles. The monoisotopic (exact) mass is 611 g/mol. The lowest BCUT2D eigenvalue weighted by molar-refractivity contribution is -0.141. The van der Waals surface area contributed by atoms with Crippen LogP contribution in [0.4, 0.5) is 23.2 Å². The summed E-state index contributed by atoms with van der Waals surface area (Å²) in [5.74, 6) is -0.909. The molecule has 1 atom stereocenters. The zero-order valence-corrected chi connectivity index (χ0v) is 23.8. The van der Waals surface area contributed by atoms with Gasteiger partial charge in [-0.25, -0.2) is 12.8 Å². The summed E-state index contributed by atoms with van der Waals surface area (Å²) in [6.45, 7) is 2.48. The second-order valence-corrected chi connectivity index (χ2v) is 11.7. The first-order valence-electron chi connectivity index (χ1n) is 12.4. The topological polar surface area (TPSA) is 72.9 Å². The van der Waals surface area contributed by atoms with E-state index in [9.17, 15) is 30.8 Å². The maximum atomic E-state index is 14.5. The van der Waals surface area contributed by atoms with Crippen LogP contribution >= 0.6 is 11.6 Å². The Hall–Kier alpha value is -3.57. The van der Waals surface area contributed by atoms with Gasteiger partial charge in [0.05, 0.1) is 34.8 Å². The summed E-state index contributed by atoms with van der Waals surface area (Å²) in [7, 11) is -3.32. The molecular weight excluding hydrogens is 586 g/mol. The Labute approximate surface area is 240 Å². The molecule has 1 aliphatic heterocycles. The van der Waals surface area contributed by atoms with Crippen molar-refractivity contribution in [2.45, 2.75) is 43.9 Å². The number of ether oxygens (including phenoxy) is 2. The highest BCUT2D eigenvalue weighted by atomic mass is 35.5. The van der Waals surface area contributed by atoms with Crippen molar-refractivity contribution >= 4 is 44.9 Å². The molecule has 3 aromatic carbocycles. The van der Waals surface area contributed by atoms with Gasteiger partial charge < -0.3 is 9.47 Å². The SMILES string of the molecule is COC(=O)CC[C@H]1CN(S(=O)(=O)c2cccc(C(F)(F)F)c2C)c2cc(/C=C(\C)c3c(F)cccc3Cl)ccc2O1. The first-order valence-corrected chi connectivity index (χ1v) is 14.3. The molecule has 0 amide bonds. The van der Waals surface area contributed by atoms with Crippen LogP contribution in [-0.4, -0.2) is 34.1 Å². The Balaban J connectivity index is 1.82. The van der Waals surface area contributed by atoms with Crippen LogP contribution in [0, 0.1) is 12.7 Å². The first-order chi connectivity index (χ1) is 19.2. The molecule has 218 valence electrons. The lowest BCUT2D eigenvalue weighted by Crippen LogP contribution is -2.44. The van der Waals surface area contributed by atoms with Crippen molar-refractivity contribution in [3.05, 3.63) is 87.7 Å². The predicted octanol–water partition coefficient (Wildman–Crippen LogP) is 7.28. The molecule has 1 heterocycles. The number of nitrogens with zero attached hydrogens (tertiary/aromatic N) is 1. The zero-order chi connectivity index (χ0) is 30.1. The van der Waals surface area contributed by atoms with Crippen molar-refractivity contribution in [2.75, 3.05) is 18.0 Å². The van der Waals surface area contributed by atoms with Gasteiger partial charge in [-0.2, -0.15) is 13.2 Å². The van der Waals surface area contributed by atoms with Gasteiger partial charge in [0.25, 0.3) is 10.0 Å². The molecule has 3 aromatic rings. The number of carbonyl (C=O) groups is 1. The van der Waals surface area contributed by atoms with Crippen LogP contribution in [0.15, 0.2) is 59.5 Å². The maximum Gasteiger partial charge on any atom is 0.416 e. The average molecular weight is 612 g/mol. The van der Waals surface area contributed by atoms with Crippen molar-refractivity contribution < 1.29 is 40.2 Å². The Morgan fingerprint density at radius 1 is 1.17 bits per heavy atom. The van der Waals surface area contributed by atoms with E-state index in [1.807, 2.05) is 0 Å². The summed E-state index contributed by atoms with van der Waals surface area (Å²) in [6, 6.07) is 11.9. The number of carbonyl (C=O) groups excluding carboxylic acids is 1. The van der Waals surface area contributed by atoms with E-state index < -0.39 is 50.1 Å². The van der Waals surface area contributed by atoms with Crippen molar-refractivity contribution in [1.82, 2.24) is 0 Å². The minimum Gasteiger partial charge on any atom is -0.486 e. The van der Waals surface area contributed by atoms with Crippen molar-refractivity contribution in [3.8, 4) is 5.75 Å². The number of allylic oxidation sites excluding steroid dienone is 1. The van der Waals surface area contributed by atoms with Crippen LogP contribution in [0.3, 0.4) is 0 Å². The van der Waals surface area contributed by atoms with Gasteiger partial charge in [0.1, 0.15) is 17.7 Å². The van der Waals surface area contributed by atoms with Crippen molar-refractivity contribution in [2.24, 2.45) is 0 Å². The predicted molar refractivity (Wildman–Crippen MR) is 148 cm³/mol. The molecule has 4 rings (SSSR count). The Bertz CT molecular complexity index is 1600. The third-order valence-corrected chi connectivity index (χ3v) is 8.95. The summed E-state index contributed by atoms with van der Waals surface area (Å²) >= 11 is 6.19. The van der Waals surface area contributed by atoms with Gasteiger partial charge in [-0.1, -0.05) is 35.9 Å². The van der Waals surface area contributed by atoms with Crippen LogP contribution in [0.1, 0.15) is 42.0 Å². The number of fused-ring (bicyclic) bond motifs is 1. The third-order valence-electron chi connectivity index (χ3n) is 6.71. The van der Waals surface area contributed by atoms with Crippen LogP contribution in [-0.2, 0) is 25.7 Å². The Morgan fingerprint density at radius 3 is 2.54 bits per heavy atom. The van der Waals surface area contributed by atoms with Gasteiger partial charge in [0.2, 0.25) is 0 Å². The number of methoxy groups -OCH3 is 1. The summed E-state index contributed by atoms with van der Waals surface area (Å²) in [5.41, 5.74) is -0.321. The molecule has 0 saturated carbocycles. The molecule has 0 bridgehead atoms. The molecule has 0 spiro atoms. The van der Waals surface area contributed by atoms with Crippen LogP contribution in [0.2, 0.25) is 5.02 Å². The fraction of sp³-hybridized carbons (Fsp3) is 0.276. The summed E-state index contributed by atoms with van der Waals surface area (Å²) in [5, 5.41) is 0.192. The van der Waals surface area contributed by atoms with Gasteiger partial charge in [-0.3, -0.25) is 9.10 Å². The normalized spacial score (nSPS) is 15.8. The standard InChI is InChI=1S/C29H26ClF4NO5S/c1-17(28-22(30)7-5-8-23(28)31)14-19-10-12-25-24(15-19)35(16-20(40-25)11-13-27(36)39-3)41(37,38)26-9-4-6-21(18(26)2)29(32,33)34/h4-10,12,14-15,20H,11,13,16H2,1-3H3/b17-14+/t20-/m0/s1. The molecule has 41 heavy (non-hydrogen) atoms. The molecule has 6 nitrogen and oxygen atoms in total. The number of anilines is 1. The quantitative estimate of drug-likeness (QED) is 0.160. The number of esters is 1. The molecule has 12 heteroatoms. The van der Waals surface area contributed by atoms with Gasteiger partial charge in [-0.05, 0) is 73.4 Å². The fourth-order valence-corrected chi connectivity index (χ4v) is 6.76. The molecule has 1 aliphatic rings. The summed E-state index contributed by atoms with van der Waals surface area (Å²) in [4.78, 5) is 11.2. The van der Waals surface area contributed by atoms with E-state index in [1.54, 1.807) is 19.1 Å². The minimum absolute atomic E-state index is 0.0591. The first kappa shape index (κ1) is 30.4. The van der Waals surface area contributed by atoms with E-state index in [0.717, 1.165) is 29.4 Å². The average Bonchev–Trinajstić information content (AvgIpc) is 2.90. The highest BCUT2D eigenvalue weighted by molar-refractivity contribution is 7.93. The smallest absolute Gasteiger partial charge is 0.416 e. The Kier molecular flexibility index (Phi) is 8.70. The second-order valence-electron chi connectivity index (χ2n) is 9.47. The van der Waals surface area contributed by atoms with E-state index in [2.05, 4.69) is 4.74 Å². The van der Waals surface area contributed by atoms with Crippen molar-refractivity contribution in [1.29, 1.82) is 0 Å². The van der Waals surface area contributed by atoms with Crippen LogP contribution in [0.25, 0.3) is 11.6 Å². The number of hydrogen-bond acceptors (Lipinski definition) is 5. The van der Waals surface area contributed by atoms with Gasteiger partial charge >= 0.3 is 12.1 Å². The van der Waals surface area contributed by atoms with Gasteiger partial charge in [-0.15, -0.1) is 0 Å². The zero-order valence-electron chi connectivity index (χ0n) is 22.3. The summed E-state index contributed by atoms with van der Waals surface area (Å²) < 4.78 is 94.9. The number of benzene rings is 3. The van der Waals surface area contributed by atoms with Gasteiger partial charge in [0, 0.05) is 12.0 Å². The molecule has 0 N–H and O–H groups in total. The lowest BCUT2D eigenvalue weighted by atomic mass is 10.0. The van der Waals surface area contributed by atoms with E-state index in [4.69, 9.17) is 16.3 Å². The van der Waals surface area contributed by atoms with Gasteiger partial charge in [0.15, 0.2) is 0 Å². The number of alkyl halides is 3. The number of halogens is 5. The third kappa shape index (κ3) is 6.36. The number of sulfonamides is 1. The van der Waals surface area contributed by atoms with Crippen molar-refractivity contribution in [3.63, 3.8) is 0 Å².